The van der Waals surface area contributed by atoms with Gasteiger partial charge in [0.1, 0.15) is 5.75 Å². The number of hydrogen-bond donors (Lipinski definition) is 1. The second kappa shape index (κ2) is 11.0. The molecule has 0 bridgehead atoms. The lowest BCUT2D eigenvalue weighted by molar-refractivity contribution is 0.0490. The molecule has 0 aliphatic carbocycles. The molecule has 0 amide bonds. The van der Waals surface area contributed by atoms with E-state index in [9.17, 15) is 0 Å². The molecule has 2 N–H and O–H groups in total. The van der Waals surface area contributed by atoms with Crippen molar-refractivity contribution in [3.63, 3.8) is 0 Å². The lowest BCUT2D eigenvalue weighted by Gasteiger charge is -2.15. The van der Waals surface area contributed by atoms with Crippen LogP contribution in [0.4, 0.5) is 5.69 Å². The second-order valence-electron chi connectivity index (χ2n) is 5.21. The Balaban J connectivity index is 2.53. The molecule has 1 aromatic carbocycles. The monoisotopic (exact) mass is 311 g/mol. The third kappa shape index (κ3) is 6.43. The molecule has 0 atom stereocenters. The SMILES string of the molecule is CCCCCCCCOc1cc(OC)cc(N)c1OCOC. The molecule has 1 rings (SSSR count). The van der Waals surface area contributed by atoms with Crippen molar-refractivity contribution < 1.29 is 18.9 Å². The van der Waals surface area contributed by atoms with Crippen molar-refractivity contribution in [2.24, 2.45) is 0 Å². The topological polar surface area (TPSA) is 62.9 Å². The molecule has 1 aromatic rings. The molecule has 0 saturated carbocycles. The molecule has 0 fully saturated rings. The van der Waals surface area contributed by atoms with Crippen molar-refractivity contribution in [3.05, 3.63) is 12.1 Å². The van der Waals surface area contributed by atoms with Gasteiger partial charge in [-0.15, -0.1) is 0 Å². The highest BCUT2D eigenvalue weighted by Gasteiger charge is 2.12. The molecule has 0 spiro atoms. The molecule has 5 heteroatoms. The van der Waals surface area contributed by atoms with E-state index in [4.69, 9.17) is 24.7 Å². The number of rotatable bonds is 12. The number of anilines is 1. The number of nitrogens with two attached hydrogens (primary N) is 1. The van der Waals surface area contributed by atoms with E-state index in [0.29, 0.717) is 29.5 Å². The zero-order valence-corrected chi connectivity index (χ0v) is 14.0. The molecule has 0 radical (unpaired) electrons. The minimum absolute atomic E-state index is 0.129. The van der Waals surface area contributed by atoms with E-state index in [2.05, 4.69) is 6.92 Å². The number of benzene rings is 1. The van der Waals surface area contributed by atoms with Crippen molar-refractivity contribution in [1.82, 2.24) is 0 Å². The molecule has 22 heavy (non-hydrogen) atoms. The summed E-state index contributed by atoms with van der Waals surface area (Å²) >= 11 is 0. The molecule has 0 aliphatic heterocycles. The standard InChI is InChI=1S/C17H29NO4/c1-4-5-6-7-8-9-10-21-16-12-14(20-3)11-15(18)17(16)22-13-19-2/h11-12H,4-10,13,18H2,1-3H3. The number of nitrogen functional groups attached to an aromatic ring is 1. The fourth-order valence-corrected chi connectivity index (χ4v) is 2.16. The Morgan fingerprint density at radius 2 is 1.68 bits per heavy atom. The quantitative estimate of drug-likeness (QED) is 0.359. The van der Waals surface area contributed by atoms with Gasteiger partial charge in [-0.25, -0.2) is 0 Å². The Morgan fingerprint density at radius 3 is 2.36 bits per heavy atom. The first kappa shape index (κ1) is 18.4. The normalized spacial score (nSPS) is 10.5. The fourth-order valence-electron chi connectivity index (χ4n) is 2.16. The van der Waals surface area contributed by atoms with Gasteiger partial charge in [-0.1, -0.05) is 39.0 Å². The molecule has 0 heterocycles. The van der Waals surface area contributed by atoms with Crippen LogP contribution in [0.2, 0.25) is 0 Å². The van der Waals surface area contributed by atoms with Gasteiger partial charge in [0.25, 0.3) is 0 Å². The minimum atomic E-state index is 0.129. The van der Waals surface area contributed by atoms with Crippen molar-refractivity contribution in [1.29, 1.82) is 0 Å². The first-order chi connectivity index (χ1) is 10.7. The van der Waals surface area contributed by atoms with Crippen molar-refractivity contribution in [2.45, 2.75) is 45.4 Å². The zero-order chi connectivity index (χ0) is 16.2. The predicted octanol–water partition coefficient (Wildman–Crippen LogP) is 4.00. The third-order valence-corrected chi connectivity index (χ3v) is 3.37. The molecule has 126 valence electrons. The van der Waals surface area contributed by atoms with Gasteiger partial charge < -0.3 is 24.7 Å². The predicted molar refractivity (Wildman–Crippen MR) is 88.8 cm³/mol. The molecule has 0 aliphatic rings. The van der Waals surface area contributed by atoms with Crippen LogP contribution in [0.15, 0.2) is 12.1 Å². The van der Waals surface area contributed by atoms with E-state index in [1.807, 2.05) is 0 Å². The number of methoxy groups -OCH3 is 2. The Labute approximate surface area is 133 Å². The van der Waals surface area contributed by atoms with Crippen LogP contribution in [0.5, 0.6) is 17.2 Å². The average Bonchev–Trinajstić information content (AvgIpc) is 2.52. The third-order valence-electron chi connectivity index (χ3n) is 3.37. The van der Waals surface area contributed by atoms with Gasteiger partial charge in [-0.2, -0.15) is 0 Å². The number of ether oxygens (including phenoxy) is 4. The maximum Gasteiger partial charge on any atom is 0.189 e. The van der Waals surface area contributed by atoms with Gasteiger partial charge in [-0.05, 0) is 6.42 Å². The molecular weight excluding hydrogens is 282 g/mol. The summed E-state index contributed by atoms with van der Waals surface area (Å²) in [5.74, 6) is 1.76. The van der Waals surface area contributed by atoms with Crippen LogP contribution in [-0.2, 0) is 4.74 Å². The zero-order valence-electron chi connectivity index (χ0n) is 14.0. The summed E-state index contributed by atoms with van der Waals surface area (Å²) in [7, 11) is 3.17. The summed E-state index contributed by atoms with van der Waals surface area (Å²) in [6, 6.07) is 3.50. The second-order valence-corrected chi connectivity index (χ2v) is 5.21. The first-order valence-corrected chi connectivity index (χ1v) is 7.95. The average molecular weight is 311 g/mol. The van der Waals surface area contributed by atoms with Crippen LogP contribution in [-0.4, -0.2) is 27.6 Å². The van der Waals surface area contributed by atoms with E-state index >= 15 is 0 Å². The lowest BCUT2D eigenvalue weighted by atomic mass is 10.1. The highest BCUT2D eigenvalue weighted by Crippen LogP contribution is 2.38. The summed E-state index contributed by atoms with van der Waals surface area (Å²) in [5, 5.41) is 0. The van der Waals surface area contributed by atoms with Gasteiger partial charge in [0.15, 0.2) is 18.3 Å². The Bertz CT molecular complexity index is 423. The van der Waals surface area contributed by atoms with Crippen LogP contribution in [0.25, 0.3) is 0 Å². The Morgan fingerprint density at radius 1 is 0.955 bits per heavy atom. The van der Waals surface area contributed by atoms with E-state index in [-0.39, 0.29) is 6.79 Å². The fraction of sp³-hybridized carbons (Fsp3) is 0.647. The maximum atomic E-state index is 5.98. The Hall–Kier alpha value is -1.62. The first-order valence-electron chi connectivity index (χ1n) is 7.95. The lowest BCUT2D eigenvalue weighted by Crippen LogP contribution is -2.06. The van der Waals surface area contributed by atoms with E-state index in [1.54, 1.807) is 26.4 Å². The van der Waals surface area contributed by atoms with Gasteiger partial charge >= 0.3 is 0 Å². The van der Waals surface area contributed by atoms with E-state index in [1.165, 1.54) is 32.1 Å². The van der Waals surface area contributed by atoms with Gasteiger partial charge in [0, 0.05) is 19.2 Å². The molecule has 0 saturated heterocycles. The molecule has 5 nitrogen and oxygen atoms in total. The minimum Gasteiger partial charge on any atom is -0.497 e. The van der Waals surface area contributed by atoms with Gasteiger partial charge in [0.2, 0.25) is 0 Å². The number of unbranched alkanes of at least 4 members (excludes halogenated alkanes) is 5. The largest absolute Gasteiger partial charge is 0.497 e. The Kier molecular flexibility index (Phi) is 9.23. The van der Waals surface area contributed by atoms with Crippen LogP contribution in [0.1, 0.15) is 45.4 Å². The van der Waals surface area contributed by atoms with Gasteiger partial charge in [-0.3, -0.25) is 0 Å². The van der Waals surface area contributed by atoms with Crippen LogP contribution < -0.4 is 19.9 Å². The summed E-state index contributed by atoms with van der Waals surface area (Å²) < 4.78 is 21.5. The smallest absolute Gasteiger partial charge is 0.189 e. The molecule has 0 aromatic heterocycles. The highest BCUT2D eigenvalue weighted by atomic mass is 16.7. The van der Waals surface area contributed by atoms with Crippen LogP contribution in [0, 0.1) is 0 Å². The summed E-state index contributed by atoms with van der Waals surface area (Å²) in [6.45, 7) is 2.99. The van der Waals surface area contributed by atoms with E-state index < -0.39 is 0 Å². The summed E-state index contributed by atoms with van der Waals surface area (Å²) in [5.41, 5.74) is 6.46. The molecular formula is C17H29NO4. The van der Waals surface area contributed by atoms with Crippen molar-refractivity contribution in [3.8, 4) is 17.2 Å². The van der Waals surface area contributed by atoms with Crippen LogP contribution in [0.3, 0.4) is 0 Å². The van der Waals surface area contributed by atoms with E-state index in [0.717, 1.165) is 6.42 Å². The molecule has 0 unspecified atom stereocenters. The highest BCUT2D eigenvalue weighted by molar-refractivity contribution is 5.64. The summed E-state index contributed by atoms with van der Waals surface area (Å²) in [4.78, 5) is 0. The summed E-state index contributed by atoms with van der Waals surface area (Å²) in [6.07, 6.45) is 7.32. The van der Waals surface area contributed by atoms with Gasteiger partial charge in [0.05, 0.1) is 19.4 Å². The van der Waals surface area contributed by atoms with Crippen LogP contribution >= 0.6 is 0 Å². The maximum absolute atomic E-state index is 5.98. The number of hydrogen-bond acceptors (Lipinski definition) is 5. The van der Waals surface area contributed by atoms with Crippen molar-refractivity contribution >= 4 is 5.69 Å². The van der Waals surface area contributed by atoms with Crippen molar-refractivity contribution in [2.75, 3.05) is 33.4 Å².